The Labute approximate surface area is 159 Å². The number of nitrogens with zero attached hydrogens (tertiary/aromatic N) is 2. The summed E-state index contributed by atoms with van der Waals surface area (Å²) in [6.07, 6.45) is 6.05. The van der Waals surface area contributed by atoms with Crippen LogP contribution in [0.25, 0.3) is 0 Å². The first kappa shape index (κ1) is 19.3. The Balaban J connectivity index is 1.45. The minimum Gasteiger partial charge on any atom is -0.356 e. The molecular weight excluding hydrogens is 348 g/mol. The number of carbonyl (C=O) groups excluding carboxylic acids is 2. The van der Waals surface area contributed by atoms with Gasteiger partial charge in [-0.25, -0.2) is 4.98 Å². The molecule has 1 aromatic heterocycles. The van der Waals surface area contributed by atoms with E-state index >= 15 is 0 Å². The zero-order valence-corrected chi connectivity index (χ0v) is 16.6. The standard InChI is InChI=1S/C19H30N4O2S/c1-13-12-26-19(22-13)7-8-20-18(25)9-16-5-6-17(10-21-14(2)24)23(16)11-15-3-4-15/h12,15-17H,3-11H2,1-2H3,(H,20,25)(H,21,24)/t16-,17+/m0/s1. The number of thiazole rings is 1. The van der Waals surface area contributed by atoms with Gasteiger partial charge >= 0.3 is 0 Å². The van der Waals surface area contributed by atoms with Gasteiger partial charge in [0.05, 0.1) is 5.01 Å². The normalized spacial score (nSPS) is 23.2. The predicted molar refractivity (Wildman–Crippen MR) is 103 cm³/mol. The van der Waals surface area contributed by atoms with Crippen LogP contribution in [0.2, 0.25) is 0 Å². The largest absolute Gasteiger partial charge is 0.356 e. The Morgan fingerprint density at radius 3 is 2.65 bits per heavy atom. The number of hydrogen-bond donors (Lipinski definition) is 2. The van der Waals surface area contributed by atoms with Gasteiger partial charge in [-0.2, -0.15) is 0 Å². The summed E-state index contributed by atoms with van der Waals surface area (Å²) >= 11 is 1.65. The van der Waals surface area contributed by atoms with Crippen molar-refractivity contribution >= 4 is 23.2 Å². The van der Waals surface area contributed by atoms with E-state index in [0.717, 1.165) is 42.4 Å². The number of hydrogen-bond acceptors (Lipinski definition) is 5. The lowest BCUT2D eigenvalue weighted by Crippen LogP contribution is -2.45. The van der Waals surface area contributed by atoms with Crippen LogP contribution in [0, 0.1) is 12.8 Å². The number of nitrogens with one attached hydrogen (secondary N) is 2. The molecular formula is C19H30N4O2S. The van der Waals surface area contributed by atoms with E-state index in [1.54, 1.807) is 18.3 Å². The Kier molecular flexibility index (Phi) is 6.64. The summed E-state index contributed by atoms with van der Waals surface area (Å²) in [6.45, 7) is 5.97. The molecule has 0 unspecified atom stereocenters. The van der Waals surface area contributed by atoms with Crippen molar-refractivity contribution in [3.63, 3.8) is 0 Å². The maximum Gasteiger partial charge on any atom is 0.221 e. The van der Waals surface area contributed by atoms with Gasteiger partial charge in [0.15, 0.2) is 0 Å². The number of carbonyl (C=O) groups is 2. The maximum absolute atomic E-state index is 12.4. The molecule has 2 aliphatic rings. The van der Waals surface area contributed by atoms with Crippen LogP contribution in [0.5, 0.6) is 0 Å². The Morgan fingerprint density at radius 1 is 1.23 bits per heavy atom. The fourth-order valence-corrected chi connectivity index (χ4v) is 4.50. The van der Waals surface area contributed by atoms with E-state index in [2.05, 4.69) is 20.5 Å². The highest BCUT2D eigenvalue weighted by Crippen LogP contribution is 2.35. The van der Waals surface area contributed by atoms with Crippen LogP contribution in [0.1, 0.15) is 49.7 Å². The van der Waals surface area contributed by atoms with Gasteiger partial charge < -0.3 is 10.6 Å². The van der Waals surface area contributed by atoms with E-state index in [4.69, 9.17) is 0 Å². The monoisotopic (exact) mass is 378 g/mol. The average Bonchev–Trinajstić information content (AvgIpc) is 3.20. The molecule has 0 spiro atoms. The molecule has 1 aliphatic carbocycles. The van der Waals surface area contributed by atoms with Gasteiger partial charge in [0.2, 0.25) is 11.8 Å². The number of likely N-dealkylation sites (tertiary alicyclic amines) is 1. The lowest BCUT2D eigenvalue weighted by atomic mass is 10.1. The van der Waals surface area contributed by atoms with Crippen molar-refractivity contribution in [2.24, 2.45) is 5.92 Å². The molecule has 7 heteroatoms. The lowest BCUT2D eigenvalue weighted by Gasteiger charge is -2.30. The molecule has 0 bridgehead atoms. The van der Waals surface area contributed by atoms with Crippen molar-refractivity contribution < 1.29 is 9.59 Å². The van der Waals surface area contributed by atoms with Crippen LogP contribution < -0.4 is 10.6 Å². The second kappa shape index (κ2) is 8.95. The van der Waals surface area contributed by atoms with Crippen molar-refractivity contribution in [1.29, 1.82) is 0 Å². The predicted octanol–water partition coefficient (Wildman–Crippen LogP) is 1.88. The minimum atomic E-state index is 0.0231. The third-order valence-corrected chi connectivity index (χ3v) is 6.30. The Hall–Kier alpha value is -1.47. The van der Waals surface area contributed by atoms with Crippen LogP contribution in [0.15, 0.2) is 5.38 Å². The molecule has 1 aromatic rings. The van der Waals surface area contributed by atoms with Crippen LogP contribution in [-0.2, 0) is 16.0 Å². The first-order valence-electron chi connectivity index (χ1n) is 9.69. The van der Waals surface area contributed by atoms with E-state index in [1.807, 2.05) is 12.3 Å². The van der Waals surface area contributed by atoms with Crippen molar-refractivity contribution in [1.82, 2.24) is 20.5 Å². The maximum atomic E-state index is 12.4. The first-order chi connectivity index (χ1) is 12.5. The van der Waals surface area contributed by atoms with E-state index in [1.165, 1.54) is 12.8 Å². The first-order valence-corrected chi connectivity index (χ1v) is 10.6. The number of rotatable bonds is 9. The van der Waals surface area contributed by atoms with Gasteiger partial charge in [-0.1, -0.05) is 0 Å². The fourth-order valence-electron chi connectivity index (χ4n) is 3.72. The van der Waals surface area contributed by atoms with Gasteiger partial charge in [0, 0.05) is 62.6 Å². The highest BCUT2D eigenvalue weighted by molar-refractivity contribution is 7.09. The smallest absolute Gasteiger partial charge is 0.221 e. The number of aromatic nitrogens is 1. The van der Waals surface area contributed by atoms with Gasteiger partial charge in [-0.05, 0) is 38.5 Å². The molecule has 6 nitrogen and oxygen atoms in total. The molecule has 2 atom stereocenters. The van der Waals surface area contributed by atoms with E-state index in [9.17, 15) is 9.59 Å². The molecule has 2 amide bonds. The van der Waals surface area contributed by atoms with Crippen LogP contribution >= 0.6 is 11.3 Å². The third kappa shape index (κ3) is 5.77. The summed E-state index contributed by atoms with van der Waals surface area (Å²) in [5.74, 6) is 0.936. The third-order valence-electron chi connectivity index (χ3n) is 5.27. The minimum absolute atomic E-state index is 0.0231. The van der Waals surface area contributed by atoms with Crippen molar-refractivity contribution in [2.45, 2.75) is 64.5 Å². The molecule has 2 N–H and O–H groups in total. The van der Waals surface area contributed by atoms with Gasteiger partial charge in [0.25, 0.3) is 0 Å². The fraction of sp³-hybridized carbons (Fsp3) is 0.737. The summed E-state index contributed by atoms with van der Waals surface area (Å²) in [5.41, 5.74) is 1.04. The molecule has 0 radical (unpaired) electrons. The van der Waals surface area contributed by atoms with E-state index in [-0.39, 0.29) is 11.8 Å². The Morgan fingerprint density at radius 2 is 2.00 bits per heavy atom. The summed E-state index contributed by atoms with van der Waals surface area (Å²) < 4.78 is 0. The van der Waals surface area contributed by atoms with Crippen molar-refractivity contribution in [3.05, 3.63) is 16.1 Å². The average molecular weight is 379 g/mol. The van der Waals surface area contributed by atoms with Gasteiger partial charge in [-0.3, -0.25) is 14.5 Å². The van der Waals surface area contributed by atoms with Crippen molar-refractivity contribution in [2.75, 3.05) is 19.6 Å². The summed E-state index contributed by atoms with van der Waals surface area (Å²) in [6, 6.07) is 0.673. The van der Waals surface area contributed by atoms with Gasteiger partial charge in [0.1, 0.15) is 0 Å². The van der Waals surface area contributed by atoms with E-state index in [0.29, 0.717) is 31.6 Å². The molecule has 1 saturated heterocycles. The molecule has 3 rings (SSSR count). The zero-order chi connectivity index (χ0) is 18.5. The molecule has 1 aliphatic heterocycles. The number of aryl methyl sites for hydroxylation is 1. The molecule has 2 heterocycles. The summed E-state index contributed by atoms with van der Waals surface area (Å²) in [7, 11) is 0. The highest BCUT2D eigenvalue weighted by Gasteiger charge is 2.37. The highest BCUT2D eigenvalue weighted by atomic mass is 32.1. The van der Waals surface area contributed by atoms with Crippen LogP contribution in [0.4, 0.5) is 0 Å². The second-order valence-corrected chi connectivity index (χ2v) is 8.59. The SMILES string of the molecule is CC(=O)NC[C@H]1CC[C@@H](CC(=O)NCCc2nc(C)cs2)N1CC1CC1. The van der Waals surface area contributed by atoms with Gasteiger partial charge in [-0.15, -0.1) is 11.3 Å². The van der Waals surface area contributed by atoms with E-state index < -0.39 is 0 Å². The van der Waals surface area contributed by atoms with Crippen LogP contribution in [-0.4, -0.2) is 53.4 Å². The molecule has 0 aromatic carbocycles. The topological polar surface area (TPSA) is 74.3 Å². The second-order valence-electron chi connectivity index (χ2n) is 7.65. The zero-order valence-electron chi connectivity index (χ0n) is 15.8. The molecule has 26 heavy (non-hydrogen) atoms. The van der Waals surface area contributed by atoms with Crippen LogP contribution in [0.3, 0.4) is 0 Å². The summed E-state index contributed by atoms with van der Waals surface area (Å²) in [5, 5.41) is 9.13. The van der Waals surface area contributed by atoms with Crippen molar-refractivity contribution in [3.8, 4) is 0 Å². The molecule has 144 valence electrons. The summed E-state index contributed by atoms with van der Waals surface area (Å²) in [4.78, 5) is 30.5. The Bertz CT molecular complexity index is 629. The number of amides is 2. The molecule has 1 saturated carbocycles. The quantitative estimate of drug-likeness (QED) is 0.688. The lowest BCUT2D eigenvalue weighted by molar-refractivity contribution is -0.122. The molecule has 2 fully saturated rings.